The zero-order valence-corrected chi connectivity index (χ0v) is 44.0. The van der Waals surface area contributed by atoms with Crippen LogP contribution in [0.2, 0.25) is 0 Å². The van der Waals surface area contributed by atoms with E-state index in [9.17, 15) is 0 Å². The molecule has 0 aliphatic carbocycles. The molecule has 5 nitrogen and oxygen atoms in total. The third-order valence-corrected chi connectivity index (χ3v) is 13.5. The van der Waals surface area contributed by atoms with Crippen molar-refractivity contribution >= 4 is 44.6 Å². The maximum absolute atomic E-state index is 7.06. The number of nitrogens with zero attached hydrogens (tertiary/aromatic N) is 4. The molecule has 9 aromatic rings. The van der Waals surface area contributed by atoms with E-state index >= 15 is 0 Å². The van der Waals surface area contributed by atoms with Gasteiger partial charge in [0.25, 0.3) is 0 Å². The first kappa shape index (κ1) is 47.6. The Bertz CT molecular complexity index is 3330. The Morgan fingerprint density at radius 1 is 0.580 bits per heavy atom. The van der Waals surface area contributed by atoms with Crippen molar-refractivity contribution in [1.82, 2.24) is 9.55 Å². The van der Waals surface area contributed by atoms with Crippen LogP contribution in [0.5, 0.6) is 11.5 Å². The van der Waals surface area contributed by atoms with Crippen molar-refractivity contribution in [2.75, 3.05) is 9.80 Å². The molecule has 0 amide bonds. The Labute approximate surface area is 424 Å². The standard InChI is InChI=1S/C63H61N4O.Pt/c1-40(2)51-20-17-21-52(41(3)4)61(51)44-33-48(66-39-65(57-22-15-16-23-58(57)66)47-25-27-53(42(5)32-47)43-18-13-12-14-19-43)37-50(34-44)68-49-26-28-54-55-35-45(62(6,7)8)24-29-56(55)67(59(54)38-49)60-36-46(30-31-64-60)63(9,10)11;/h12-36,39-41H,1-11H3;/q-3;. The van der Waals surface area contributed by atoms with E-state index in [4.69, 9.17) is 9.72 Å². The predicted molar refractivity (Wildman–Crippen MR) is 285 cm³/mol. The Kier molecular flexibility index (Phi) is 12.8. The van der Waals surface area contributed by atoms with E-state index < -0.39 is 0 Å². The van der Waals surface area contributed by atoms with E-state index in [0.717, 1.165) is 50.6 Å². The van der Waals surface area contributed by atoms with Crippen molar-refractivity contribution in [3.63, 3.8) is 0 Å². The third kappa shape index (κ3) is 9.03. The average molecular weight is 1090 g/mol. The van der Waals surface area contributed by atoms with Crippen molar-refractivity contribution in [2.45, 2.75) is 98.8 Å². The Balaban J connectivity index is 0.00000593. The topological polar surface area (TPSA) is 33.5 Å². The third-order valence-electron chi connectivity index (χ3n) is 13.5. The number of para-hydroxylation sites is 2. The molecule has 1 aliphatic heterocycles. The van der Waals surface area contributed by atoms with E-state index in [1.165, 1.54) is 49.9 Å². The number of hydrogen-bond donors (Lipinski definition) is 0. The number of aromatic nitrogens is 2. The molecule has 0 atom stereocenters. The van der Waals surface area contributed by atoms with Crippen molar-refractivity contribution in [2.24, 2.45) is 0 Å². The van der Waals surface area contributed by atoms with Gasteiger partial charge in [-0.05, 0) is 122 Å². The molecule has 69 heavy (non-hydrogen) atoms. The van der Waals surface area contributed by atoms with E-state index in [1.807, 2.05) is 6.20 Å². The molecule has 0 bridgehead atoms. The smallest absolute Gasteiger partial charge is 0.135 e. The van der Waals surface area contributed by atoms with Gasteiger partial charge < -0.3 is 19.1 Å². The van der Waals surface area contributed by atoms with Gasteiger partial charge in [0.15, 0.2) is 0 Å². The van der Waals surface area contributed by atoms with Gasteiger partial charge in [0.2, 0.25) is 0 Å². The first-order valence-electron chi connectivity index (χ1n) is 24.1. The summed E-state index contributed by atoms with van der Waals surface area (Å²) in [5.41, 5.74) is 17.2. The maximum Gasteiger partial charge on any atom is 0.135 e. The maximum atomic E-state index is 7.06. The number of hydrogen-bond acceptors (Lipinski definition) is 4. The number of rotatable bonds is 9. The number of aryl methyl sites for hydroxylation is 1. The molecule has 0 N–H and O–H groups in total. The number of fused-ring (bicyclic) bond motifs is 4. The van der Waals surface area contributed by atoms with Crippen LogP contribution in [0, 0.1) is 25.7 Å². The minimum Gasteiger partial charge on any atom is -0.509 e. The summed E-state index contributed by atoms with van der Waals surface area (Å²) in [4.78, 5) is 9.52. The number of benzene rings is 7. The predicted octanol–water partition coefficient (Wildman–Crippen LogP) is 17.5. The molecular formula is C63H61N4OPt-3. The number of ether oxygens (including phenoxy) is 1. The SMILES string of the molecule is Cc1cc(N2[CH-]N(c3[c-]c(Oc4[c-]c5c(cc4)c4cc(C(C)(C)C)ccc4n5-c4cc(C(C)(C)C)ccn4)cc(-c4c(C(C)C)cccc4C(C)C)c3)c3ccccc32)ccc1-c1ccccc1.[Pt]. The Morgan fingerprint density at radius 3 is 1.91 bits per heavy atom. The molecule has 0 unspecified atom stereocenters. The average Bonchev–Trinajstić information content (AvgIpc) is 3.87. The normalized spacial score (nSPS) is 12.9. The summed E-state index contributed by atoms with van der Waals surface area (Å²) in [6.07, 6.45) is 1.93. The van der Waals surface area contributed by atoms with Gasteiger partial charge in [-0.2, -0.15) is 6.07 Å². The summed E-state index contributed by atoms with van der Waals surface area (Å²) in [6, 6.07) is 60.1. The zero-order valence-electron chi connectivity index (χ0n) is 41.7. The summed E-state index contributed by atoms with van der Waals surface area (Å²) in [7, 11) is 0. The minimum atomic E-state index is -0.0493. The summed E-state index contributed by atoms with van der Waals surface area (Å²) >= 11 is 0. The summed E-state index contributed by atoms with van der Waals surface area (Å²) < 4.78 is 9.31. The van der Waals surface area contributed by atoms with Gasteiger partial charge in [0.05, 0.1) is 0 Å². The van der Waals surface area contributed by atoms with Gasteiger partial charge >= 0.3 is 0 Å². The molecule has 3 heterocycles. The van der Waals surface area contributed by atoms with Crippen LogP contribution in [0.3, 0.4) is 0 Å². The molecule has 0 saturated heterocycles. The minimum absolute atomic E-state index is 0. The van der Waals surface area contributed by atoms with Crippen LogP contribution >= 0.6 is 0 Å². The van der Waals surface area contributed by atoms with Gasteiger partial charge in [-0.25, -0.2) is 4.98 Å². The van der Waals surface area contributed by atoms with Crippen molar-refractivity contribution in [1.29, 1.82) is 0 Å². The van der Waals surface area contributed by atoms with Gasteiger partial charge in [-0.15, -0.1) is 53.6 Å². The molecule has 7 aromatic carbocycles. The van der Waals surface area contributed by atoms with Crippen LogP contribution < -0.4 is 14.5 Å². The summed E-state index contributed by atoms with van der Waals surface area (Å²) in [6.45, 7) is 27.0. The Morgan fingerprint density at radius 2 is 1.25 bits per heavy atom. The fourth-order valence-electron chi connectivity index (χ4n) is 9.80. The van der Waals surface area contributed by atoms with Crippen molar-refractivity contribution in [3.05, 3.63) is 198 Å². The fourth-order valence-corrected chi connectivity index (χ4v) is 9.80. The van der Waals surface area contributed by atoms with Gasteiger partial charge in [-0.3, -0.25) is 0 Å². The number of pyridine rings is 1. The summed E-state index contributed by atoms with van der Waals surface area (Å²) in [5, 5.41) is 2.26. The molecule has 10 rings (SSSR count). The molecule has 2 aromatic heterocycles. The number of anilines is 4. The van der Waals surface area contributed by atoms with Crippen LogP contribution in [0.15, 0.2) is 152 Å². The summed E-state index contributed by atoms with van der Waals surface area (Å²) in [5.74, 6) is 2.68. The van der Waals surface area contributed by atoms with E-state index in [2.05, 4.69) is 255 Å². The van der Waals surface area contributed by atoms with E-state index in [-0.39, 0.29) is 31.9 Å². The van der Waals surface area contributed by atoms with Crippen LogP contribution in [0.4, 0.5) is 22.7 Å². The first-order valence-corrected chi connectivity index (χ1v) is 24.1. The van der Waals surface area contributed by atoms with Crippen molar-refractivity contribution in [3.8, 4) is 39.6 Å². The zero-order chi connectivity index (χ0) is 47.6. The first-order chi connectivity index (χ1) is 32.5. The van der Waals surface area contributed by atoms with Crippen LogP contribution in [-0.4, -0.2) is 9.55 Å². The molecule has 0 radical (unpaired) electrons. The van der Waals surface area contributed by atoms with Gasteiger partial charge in [-0.1, -0.05) is 154 Å². The van der Waals surface area contributed by atoms with Crippen LogP contribution in [0.1, 0.15) is 109 Å². The van der Waals surface area contributed by atoms with Crippen LogP contribution in [0.25, 0.3) is 49.9 Å². The van der Waals surface area contributed by atoms with Gasteiger partial charge in [0.1, 0.15) is 5.82 Å². The van der Waals surface area contributed by atoms with Crippen LogP contribution in [-0.2, 0) is 31.9 Å². The largest absolute Gasteiger partial charge is 0.509 e. The molecule has 0 spiro atoms. The second-order valence-corrected chi connectivity index (χ2v) is 21.1. The molecule has 0 fully saturated rings. The molecule has 352 valence electrons. The molecule has 0 saturated carbocycles. The monoisotopic (exact) mass is 1080 g/mol. The fraction of sp³-hybridized carbons (Fsp3) is 0.238. The Hall–Kier alpha value is -6.42. The molecule has 1 aliphatic rings. The van der Waals surface area contributed by atoms with Gasteiger partial charge in [0, 0.05) is 61.3 Å². The van der Waals surface area contributed by atoms with Crippen molar-refractivity contribution < 1.29 is 25.8 Å². The second-order valence-electron chi connectivity index (χ2n) is 21.1. The molecule has 6 heteroatoms. The van der Waals surface area contributed by atoms with E-state index in [0.29, 0.717) is 23.3 Å². The van der Waals surface area contributed by atoms with E-state index in [1.54, 1.807) is 0 Å². The second kappa shape index (κ2) is 18.5. The molecular weight excluding hydrogens is 1020 g/mol. The quantitative estimate of drug-likeness (QED) is 0.135.